The Kier molecular flexibility index (Phi) is 9.04. The van der Waals surface area contributed by atoms with Crippen molar-refractivity contribution in [3.63, 3.8) is 0 Å². The highest BCUT2D eigenvalue weighted by atomic mass is 32.2. The molecule has 2 aliphatic heterocycles. The molecule has 14 nitrogen and oxygen atoms in total. The number of hydrogen-bond acceptors (Lipinski definition) is 12. The molecule has 1 aromatic rings. The lowest BCUT2D eigenvalue weighted by Gasteiger charge is -2.50. The third-order valence-electron chi connectivity index (χ3n) is 5.23. The molecule has 0 spiro atoms. The molecule has 38 heavy (non-hydrogen) atoms. The first kappa shape index (κ1) is 29.4. The summed E-state index contributed by atoms with van der Waals surface area (Å²) in [6.45, 7) is 7.06. The Morgan fingerprint density at radius 3 is 2.55 bits per heavy atom. The van der Waals surface area contributed by atoms with Crippen molar-refractivity contribution in [3.05, 3.63) is 32.0 Å². The van der Waals surface area contributed by atoms with E-state index in [1.807, 2.05) is 19.6 Å². The highest BCUT2D eigenvalue weighted by Gasteiger charge is 2.55. The highest BCUT2D eigenvalue weighted by molar-refractivity contribution is 8.01. The number of aryl methyl sites for hydroxylation is 1. The fraction of sp³-hybridized carbons (Fsp3) is 0.524. The topological polar surface area (TPSA) is 182 Å². The van der Waals surface area contributed by atoms with Gasteiger partial charge < -0.3 is 14.6 Å². The molecule has 2 N–H and O–H groups in total. The first-order valence-electron chi connectivity index (χ1n) is 11.4. The Morgan fingerprint density at radius 1 is 1.26 bits per heavy atom. The van der Waals surface area contributed by atoms with Gasteiger partial charge in [-0.15, -0.1) is 11.8 Å². The maximum atomic E-state index is 13.2. The number of nitrogens with one attached hydrogen (secondary N) is 2. The molecule has 0 bridgehead atoms. The van der Waals surface area contributed by atoms with E-state index < -0.39 is 60.1 Å². The molecule has 2 atom stereocenters. The van der Waals surface area contributed by atoms with E-state index in [9.17, 15) is 28.8 Å². The summed E-state index contributed by atoms with van der Waals surface area (Å²) in [6.07, 6.45) is 0.0186. The molecular formula is C21H28N6O8S2Si. The van der Waals surface area contributed by atoms with Crippen LogP contribution in [0.4, 0.5) is 0 Å². The minimum Gasteiger partial charge on any atom is -0.515 e. The molecule has 2 amide bonds. The van der Waals surface area contributed by atoms with E-state index in [2.05, 4.69) is 25.4 Å². The minimum atomic E-state index is -2.35. The Balaban J connectivity index is 1.88. The lowest BCUT2D eigenvalue weighted by molar-refractivity contribution is -0.149. The van der Waals surface area contributed by atoms with Gasteiger partial charge in [0.05, 0.1) is 0 Å². The Morgan fingerprint density at radius 2 is 1.95 bits per heavy atom. The average molecular weight is 585 g/mol. The summed E-state index contributed by atoms with van der Waals surface area (Å²) in [5, 5.41) is 7.99. The largest absolute Gasteiger partial charge is 0.515 e. The molecule has 1 fully saturated rings. The highest BCUT2D eigenvalue weighted by Crippen LogP contribution is 2.42. The molecule has 0 unspecified atom stereocenters. The van der Waals surface area contributed by atoms with E-state index in [1.54, 1.807) is 6.92 Å². The molecule has 206 valence electrons. The quantitative estimate of drug-likeness (QED) is 0.0693. The molecule has 1 aromatic heterocycles. The minimum absolute atomic E-state index is 0.0186. The smallest absolute Gasteiger partial charge is 0.341 e. The van der Waals surface area contributed by atoms with Crippen molar-refractivity contribution >= 4 is 61.1 Å². The van der Waals surface area contributed by atoms with Crippen LogP contribution in [0.3, 0.4) is 0 Å². The number of oxime groups is 1. The SMILES string of the molecule is CCC(=O)/C(=N\OC)C(=O)N[C@@H]1C(=O)N2C(C(=O)O[Si](C)(C)C)=C(CSc3nc(=O)c(=O)[nH]n3C)CS[C@H]12. The number of H-pyrrole nitrogens is 1. The number of fused-ring (bicyclic) bond motifs is 1. The van der Waals surface area contributed by atoms with E-state index in [1.165, 1.54) is 35.5 Å². The number of Topliss-reactive ketones (excluding diaryl/α,β-unsaturated/α-hetero) is 1. The summed E-state index contributed by atoms with van der Waals surface area (Å²) in [5.74, 6) is -2.11. The molecule has 2 aliphatic rings. The van der Waals surface area contributed by atoms with Crippen LogP contribution >= 0.6 is 23.5 Å². The number of carbonyl (C=O) groups excluding carboxylic acids is 4. The Hall–Kier alpha value is -3.18. The number of nitrogens with zero attached hydrogens (tertiary/aromatic N) is 4. The molecule has 3 rings (SSSR count). The number of thioether (sulfide) groups is 2. The summed E-state index contributed by atoms with van der Waals surface area (Å²) < 4.78 is 6.99. The third-order valence-corrected chi connectivity index (χ3v) is 8.49. The van der Waals surface area contributed by atoms with E-state index in [0.29, 0.717) is 11.3 Å². The lowest BCUT2D eigenvalue weighted by Crippen LogP contribution is -2.71. The normalized spacial score (nSPS) is 19.5. The van der Waals surface area contributed by atoms with Gasteiger partial charge in [-0.3, -0.25) is 38.7 Å². The number of ketones is 1. The van der Waals surface area contributed by atoms with Gasteiger partial charge >= 0.3 is 17.1 Å². The van der Waals surface area contributed by atoms with Crippen molar-refractivity contribution in [1.29, 1.82) is 0 Å². The van der Waals surface area contributed by atoms with Crippen molar-refractivity contribution in [3.8, 4) is 0 Å². The Bertz CT molecular complexity index is 1350. The van der Waals surface area contributed by atoms with Gasteiger partial charge in [-0.1, -0.05) is 23.8 Å². The van der Waals surface area contributed by atoms with Crippen molar-refractivity contribution in [2.75, 3.05) is 18.6 Å². The molecular weight excluding hydrogens is 556 g/mol. The van der Waals surface area contributed by atoms with Crippen molar-refractivity contribution < 1.29 is 28.4 Å². The number of rotatable bonds is 10. The van der Waals surface area contributed by atoms with Crippen LogP contribution in [0.25, 0.3) is 0 Å². The zero-order valence-corrected chi connectivity index (χ0v) is 24.3. The monoisotopic (exact) mass is 584 g/mol. The van der Waals surface area contributed by atoms with Crippen molar-refractivity contribution in [2.24, 2.45) is 12.2 Å². The van der Waals surface area contributed by atoms with Gasteiger partial charge in [0.1, 0.15) is 24.2 Å². The summed E-state index contributed by atoms with van der Waals surface area (Å²) in [6, 6.07) is -0.996. The molecule has 3 heterocycles. The number of aromatic nitrogens is 3. The number of carbonyl (C=O) groups is 4. The first-order valence-corrected chi connectivity index (χ1v) is 16.9. The number of β-lactam (4-membered cyclic amide) rings is 1. The van der Waals surface area contributed by atoms with E-state index >= 15 is 0 Å². The second kappa shape index (κ2) is 11.7. The predicted molar refractivity (Wildman–Crippen MR) is 142 cm³/mol. The maximum absolute atomic E-state index is 13.2. The second-order valence-electron chi connectivity index (χ2n) is 9.20. The summed E-state index contributed by atoms with van der Waals surface area (Å²) in [5.41, 5.74) is -1.60. The summed E-state index contributed by atoms with van der Waals surface area (Å²) >= 11 is 2.43. The molecule has 0 aromatic carbocycles. The lowest BCUT2D eigenvalue weighted by atomic mass is 10.0. The van der Waals surface area contributed by atoms with Crippen molar-refractivity contribution in [2.45, 2.75) is 49.6 Å². The second-order valence-corrected chi connectivity index (χ2v) is 15.7. The molecule has 17 heteroatoms. The van der Waals surface area contributed by atoms with Crippen LogP contribution in [0.2, 0.25) is 19.6 Å². The Labute approximate surface area is 226 Å². The first-order chi connectivity index (χ1) is 17.8. The van der Waals surface area contributed by atoms with Gasteiger partial charge in [0.2, 0.25) is 14.0 Å². The van der Waals surface area contributed by atoms with Gasteiger partial charge in [-0.2, -0.15) is 4.98 Å². The number of hydrogen-bond donors (Lipinski definition) is 2. The fourth-order valence-electron chi connectivity index (χ4n) is 3.54. The summed E-state index contributed by atoms with van der Waals surface area (Å²) in [4.78, 5) is 84.0. The van der Waals surface area contributed by atoms with E-state index in [-0.39, 0.29) is 23.0 Å². The van der Waals surface area contributed by atoms with Crippen molar-refractivity contribution in [1.82, 2.24) is 25.0 Å². The van der Waals surface area contributed by atoms with Crippen LogP contribution < -0.4 is 16.4 Å². The molecule has 1 saturated heterocycles. The molecule has 0 saturated carbocycles. The van der Waals surface area contributed by atoms with Crippen LogP contribution in [0.5, 0.6) is 0 Å². The number of aromatic amines is 1. The fourth-order valence-corrected chi connectivity index (χ4v) is 6.59. The van der Waals surface area contributed by atoms with E-state index in [4.69, 9.17) is 4.43 Å². The number of amides is 2. The van der Waals surface area contributed by atoms with Crippen LogP contribution in [-0.2, 0) is 35.5 Å². The van der Waals surface area contributed by atoms with E-state index in [0.717, 1.165) is 11.8 Å². The van der Waals surface area contributed by atoms with Crippen LogP contribution in [0.1, 0.15) is 13.3 Å². The van der Waals surface area contributed by atoms with Crippen LogP contribution in [0, 0.1) is 0 Å². The zero-order valence-electron chi connectivity index (χ0n) is 21.6. The standard InChI is InChI=1S/C21H28N6O8S2Si/c1-7-11(28)12(25-34-3)15(29)22-13-18(32)27-14(20(33)35-38(4,5)6)10(8-36-19(13)27)9-37-21-23-16(30)17(31)24-26(21)2/h13,19H,7-9H2,1-6H3,(H,22,29)(H,24,31)/b25-12+/t13-,19-/m1/s1. The predicted octanol–water partition coefficient (Wildman–Crippen LogP) is -0.426. The van der Waals surface area contributed by atoms with Crippen LogP contribution in [0.15, 0.2) is 31.2 Å². The zero-order chi connectivity index (χ0) is 28.4. The van der Waals surface area contributed by atoms with Gasteiger partial charge in [0.15, 0.2) is 10.9 Å². The van der Waals surface area contributed by atoms with Gasteiger partial charge in [-0.05, 0) is 25.2 Å². The third kappa shape index (κ3) is 6.27. The van der Waals surface area contributed by atoms with Gasteiger partial charge in [0.25, 0.3) is 11.8 Å². The molecule has 0 aliphatic carbocycles. The maximum Gasteiger partial charge on any atom is 0.341 e. The summed E-state index contributed by atoms with van der Waals surface area (Å²) in [7, 11) is 0.373. The molecule has 0 radical (unpaired) electrons. The van der Waals surface area contributed by atoms with Gasteiger partial charge in [0, 0.05) is 25.0 Å². The average Bonchev–Trinajstić information content (AvgIpc) is 2.84. The van der Waals surface area contributed by atoms with Gasteiger partial charge in [-0.25, -0.2) is 4.79 Å². The van der Waals surface area contributed by atoms with Crippen LogP contribution in [-0.4, -0.2) is 87.3 Å².